The minimum absolute atomic E-state index is 0.0848. The van der Waals surface area contributed by atoms with Crippen molar-refractivity contribution in [2.24, 2.45) is 5.73 Å². The molecule has 0 saturated carbocycles. The van der Waals surface area contributed by atoms with Crippen molar-refractivity contribution in [3.63, 3.8) is 0 Å². The summed E-state index contributed by atoms with van der Waals surface area (Å²) in [7, 11) is 0. The number of hydrogen-bond donors (Lipinski definition) is 4. The van der Waals surface area contributed by atoms with Gasteiger partial charge in [-0.3, -0.25) is 19.5 Å². The number of aromatic nitrogens is 3. The van der Waals surface area contributed by atoms with Crippen LogP contribution in [0.3, 0.4) is 0 Å². The van der Waals surface area contributed by atoms with Crippen LogP contribution in [-0.4, -0.2) is 39.4 Å². The van der Waals surface area contributed by atoms with Gasteiger partial charge >= 0.3 is 0 Å². The quantitative estimate of drug-likeness (QED) is 0.473. The lowest BCUT2D eigenvalue weighted by molar-refractivity contribution is -0.116. The van der Waals surface area contributed by atoms with Crippen molar-refractivity contribution in [1.82, 2.24) is 15.2 Å². The molecular formula is C23H26N6O3. The summed E-state index contributed by atoms with van der Waals surface area (Å²) in [6, 6.07) is 5.27. The summed E-state index contributed by atoms with van der Waals surface area (Å²) in [6.07, 6.45) is 8.04. The molecule has 0 radical (unpaired) electrons. The Morgan fingerprint density at radius 3 is 2.78 bits per heavy atom. The molecule has 166 valence electrons. The lowest BCUT2D eigenvalue weighted by atomic mass is 9.86. The van der Waals surface area contributed by atoms with E-state index in [2.05, 4.69) is 20.5 Å². The number of amides is 3. The molecule has 0 aliphatic heterocycles. The zero-order valence-electron chi connectivity index (χ0n) is 18.1. The monoisotopic (exact) mass is 434 g/mol. The summed E-state index contributed by atoms with van der Waals surface area (Å²) >= 11 is 0. The molecule has 9 nitrogen and oxygen atoms in total. The highest BCUT2D eigenvalue weighted by Gasteiger charge is 2.24. The first-order chi connectivity index (χ1) is 15.4. The number of carbonyl (C=O) groups is 3. The number of rotatable bonds is 6. The number of H-pyrrole nitrogens is 2. The lowest BCUT2D eigenvalue weighted by Gasteiger charge is -2.19. The van der Waals surface area contributed by atoms with Gasteiger partial charge in [0.05, 0.1) is 11.8 Å². The van der Waals surface area contributed by atoms with Crippen molar-refractivity contribution < 1.29 is 14.4 Å². The topological polar surface area (TPSA) is 137 Å². The maximum Gasteiger partial charge on any atom is 0.253 e. The van der Waals surface area contributed by atoms with E-state index in [1.165, 1.54) is 6.92 Å². The first-order valence-electron chi connectivity index (χ1n) is 10.6. The molecule has 0 saturated heterocycles. The summed E-state index contributed by atoms with van der Waals surface area (Å²) in [5.41, 5.74) is 8.86. The second-order valence-corrected chi connectivity index (χ2v) is 7.91. The molecule has 3 amide bonds. The van der Waals surface area contributed by atoms with Gasteiger partial charge in [-0.1, -0.05) is 6.08 Å². The van der Waals surface area contributed by atoms with E-state index >= 15 is 0 Å². The van der Waals surface area contributed by atoms with Crippen molar-refractivity contribution in [1.29, 1.82) is 0 Å². The van der Waals surface area contributed by atoms with Crippen molar-refractivity contribution in [3.05, 3.63) is 53.4 Å². The number of hydrogen-bond acceptors (Lipinski definition) is 4. The third-order valence-corrected chi connectivity index (χ3v) is 5.88. The molecule has 1 aliphatic rings. The van der Waals surface area contributed by atoms with Crippen LogP contribution in [0.25, 0.3) is 10.9 Å². The SMILES string of the molecule is CCN(C(C)=O)c1ccc2c(C(N)=O)c(NC(=O)C3=CC(c4cn[nH]c4)CCC3)[nH]c2c1. The van der Waals surface area contributed by atoms with Gasteiger partial charge in [-0.15, -0.1) is 0 Å². The molecule has 32 heavy (non-hydrogen) atoms. The molecule has 0 bridgehead atoms. The number of fused-ring (bicyclic) bond motifs is 1. The second kappa shape index (κ2) is 8.70. The van der Waals surface area contributed by atoms with Crippen LogP contribution < -0.4 is 16.0 Å². The Hall–Kier alpha value is -3.88. The third-order valence-electron chi connectivity index (χ3n) is 5.88. The number of aromatic amines is 2. The molecule has 5 N–H and O–H groups in total. The van der Waals surface area contributed by atoms with E-state index in [4.69, 9.17) is 5.73 Å². The van der Waals surface area contributed by atoms with E-state index in [1.807, 2.05) is 19.2 Å². The smallest absolute Gasteiger partial charge is 0.253 e. The minimum Gasteiger partial charge on any atom is -0.365 e. The number of benzene rings is 1. The fourth-order valence-corrected chi connectivity index (χ4v) is 4.32. The predicted octanol–water partition coefficient (Wildman–Crippen LogP) is 3.20. The van der Waals surface area contributed by atoms with Crippen LogP contribution in [0.15, 0.2) is 42.2 Å². The van der Waals surface area contributed by atoms with Crippen molar-refractivity contribution in [3.8, 4) is 0 Å². The van der Waals surface area contributed by atoms with Gasteiger partial charge in [-0.25, -0.2) is 0 Å². The highest BCUT2D eigenvalue weighted by molar-refractivity contribution is 6.15. The second-order valence-electron chi connectivity index (χ2n) is 7.91. The fourth-order valence-electron chi connectivity index (χ4n) is 4.32. The Labute approximate surface area is 185 Å². The summed E-state index contributed by atoms with van der Waals surface area (Å²) in [5, 5.41) is 10.2. The van der Waals surface area contributed by atoms with Crippen LogP contribution in [0, 0.1) is 0 Å². The third kappa shape index (κ3) is 4.01. The molecule has 0 fully saturated rings. The normalized spacial score (nSPS) is 15.9. The van der Waals surface area contributed by atoms with Gasteiger partial charge in [0, 0.05) is 47.7 Å². The van der Waals surface area contributed by atoms with Crippen LogP contribution in [0.1, 0.15) is 54.9 Å². The van der Waals surface area contributed by atoms with Crippen molar-refractivity contribution in [2.45, 2.75) is 39.0 Å². The van der Waals surface area contributed by atoms with E-state index in [9.17, 15) is 14.4 Å². The number of nitrogens with two attached hydrogens (primary N) is 1. The van der Waals surface area contributed by atoms with Gasteiger partial charge < -0.3 is 20.9 Å². The van der Waals surface area contributed by atoms with Crippen LogP contribution in [-0.2, 0) is 9.59 Å². The fraction of sp³-hybridized carbons (Fsp3) is 0.304. The highest BCUT2D eigenvalue weighted by Crippen LogP contribution is 2.33. The standard InChI is InChI=1S/C23H26N6O3/c1-3-29(13(2)30)17-7-8-18-19(10-17)27-22(20(18)21(24)31)28-23(32)15-6-4-5-14(9-15)16-11-25-26-12-16/h7-12,14,27H,3-6H2,1-2H3,(H2,24,31)(H,25,26)(H,28,32). The molecule has 1 aliphatic carbocycles. The first kappa shape index (κ1) is 21.4. The Balaban J connectivity index is 1.66. The number of allylic oxidation sites excluding steroid dienone is 1. The van der Waals surface area contributed by atoms with Crippen LogP contribution in [0.2, 0.25) is 0 Å². The zero-order chi connectivity index (χ0) is 22.8. The van der Waals surface area contributed by atoms with E-state index in [0.29, 0.717) is 35.1 Å². The molecule has 3 aromatic rings. The largest absolute Gasteiger partial charge is 0.365 e. The molecule has 1 atom stereocenters. The molecule has 1 unspecified atom stereocenters. The Morgan fingerprint density at radius 1 is 1.31 bits per heavy atom. The van der Waals surface area contributed by atoms with Crippen molar-refractivity contribution >= 4 is 40.1 Å². The number of carbonyl (C=O) groups excluding carboxylic acids is 3. The number of nitrogens with zero attached hydrogens (tertiary/aromatic N) is 2. The predicted molar refractivity (Wildman–Crippen MR) is 122 cm³/mol. The average Bonchev–Trinajstić information content (AvgIpc) is 3.41. The van der Waals surface area contributed by atoms with Gasteiger partial charge in [0.25, 0.3) is 11.8 Å². The lowest BCUT2D eigenvalue weighted by Crippen LogP contribution is -2.27. The average molecular weight is 435 g/mol. The number of primary amides is 1. The Bertz CT molecular complexity index is 1210. The molecule has 4 rings (SSSR count). The van der Waals surface area contributed by atoms with Gasteiger partial charge in [-0.2, -0.15) is 5.10 Å². The van der Waals surface area contributed by atoms with Gasteiger partial charge in [-0.05, 0) is 49.9 Å². The van der Waals surface area contributed by atoms with Gasteiger partial charge in [0.15, 0.2) is 0 Å². The summed E-state index contributed by atoms with van der Waals surface area (Å²) in [5.74, 6) is -0.625. The molecule has 2 aromatic heterocycles. The maximum atomic E-state index is 13.0. The summed E-state index contributed by atoms with van der Waals surface area (Å²) in [4.78, 5) is 41.8. The molecule has 9 heteroatoms. The maximum absolute atomic E-state index is 13.0. The minimum atomic E-state index is -0.646. The Morgan fingerprint density at radius 2 is 2.12 bits per heavy atom. The zero-order valence-corrected chi connectivity index (χ0v) is 18.1. The Kier molecular flexibility index (Phi) is 5.81. The molecular weight excluding hydrogens is 408 g/mol. The van der Waals surface area contributed by atoms with E-state index in [1.54, 1.807) is 29.3 Å². The number of nitrogens with one attached hydrogen (secondary N) is 3. The summed E-state index contributed by atoms with van der Waals surface area (Å²) in [6.45, 7) is 3.90. The van der Waals surface area contributed by atoms with Crippen molar-refractivity contribution in [2.75, 3.05) is 16.8 Å². The van der Waals surface area contributed by atoms with E-state index in [0.717, 1.165) is 18.4 Å². The van der Waals surface area contributed by atoms with Crippen LogP contribution in [0.5, 0.6) is 0 Å². The number of anilines is 2. The molecule has 1 aromatic carbocycles. The van der Waals surface area contributed by atoms with Crippen LogP contribution in [0.4, 0.5) is 11.5 Å². The van der Waals surface area contributed by atoms with Gasteiger partial charge in [0.1, 0.15) is 5.82 Å². The van der Waals surface area contributed by atoms with E-state index in [-0.39, 0.29) is 29.1 Å². The van der Waals surface area contributed by atoms with E-state index < -0.39 is 5.91 Å². The summed E-state index contributed by atoms with van der Waals surface area (Å²) < 4.78 is 0. The highest BCUT2D eigenvalue weighted by atomic mass is 16.2. The van der Waals surface area contributed by atoms with Gasteiger partial charge in [0.2, 0.25) is 5.91 Å². The first-order valence-corrected chi connectivity index (χ1v) is 10.6. The molecule has 2 heterocycles. The molecule has 0 spiro atoms. The van der Waals surface area contributed by atoms with Crippen LogP contribution >= 0.6 is 0 Å².